The van der Waals surface area contributed by atoms with Gasteiger partial charge in [-0.05, 0) is 112 Å². The maximum Gasteiger partial charge on any atom is 0.266 e. The summed E-state index contributed by atoms with van der Waals surface area (Å²) in [6.07, 6.45) is 5.39. The molecule has 2 N–H and O–H groups in total. The minimum atomic E-state index is -0.800. The predicted molar refractivity (Wildman–Crippen MR) is 190 cm³/mol. The number of rotatable bonds is 10. The number of hydrogen-bond acceptors (Lipinski definition) is 8. The van der Waals surface area contributed by atoms with Gasteiger partial charge in [0.1, 0.15) is 10.8 Å². The van der Waals surface area contributed by atoms with Gasteiger partial charge < -0.3 is 15.0 Å². The van der Waals surface area contributed by atoms with Crippen LogP contribution in [0.4, 0.5) is 10.2 Å². The fraction of sp³-hybridized carbons (Fsp3) is 0.514. The largest absolute Gasteiger partial charge is 0.379 e. The highest BCUT2D eigenvalue weighted by Gasteiger charge is 2.37. The molecule has 1 aliphatic rings. The standard InChI is InChI=1S/C30H36BrFN6O2S.C5H12O/c1-29(2,3)24-14-11-21(27(32)35-24)28(40)37-41-26-8-6-7-25(36-26)34-23(22-13-10-20(31)16-33-22)12-9-19-15-30(4,5)38(17-19)18-39;1-5(2,3)6-4/h6-8,10-11,13-14,16,18-19,23H,9,12,15,17H2,1-5H3,(H,34,36)(H,37,40);1-4H3. The van der Waals surface area contributed by atoms with Crippen molar-refractivity contribution in [2.24, 2.45) is 5.92 Å². The first-order valence-electron chi connectivity index (χ1n) is 15.7. The monoisotopic (exact) mass is 730 g/mol. The second kappa shape index (κ2) is 16.3. The van der Waals surface area contributed by atoms with Crippen LogP contribution in [0.25, 0.3) is 0 Å². The fourth-order valence-corrected chi connectivity index (χ4v) is 5.82. The number of carbonyl (C=O) groups excluding carboxylic acids is 2. The summed E-state index contributed by atoms with van der Waals surface area (Å²) in [7, 11) is 1.71. The molecule has 47 heavy (non-hydrogen) atoms. The van der Waals surface area contributed by atoms with Gasteiger partial charge in [-0.2, -0.15) is 4.39 Å². The average Bonchev–Trinajstić information content (AvgIpc) is 3.31. The van der Waals surface area contributed by atoms with Crippen LogP contribution in [0.1, 0.15) is 102 Å². The molecule has 1 saturated heterocycles. The van der Waals surface area contributed by atoms with Crippen molar-refractivity contribution in [1.29, 1.82) is 0 Å². The van der Waals surface area contributed by atoms with Crippen LogP contribution in [0.2, 0.25) is 0 Å². The first kappa shape index (κ1) is 38.4. The zero-order valence-corrected chi connectivity index (χ0v) is 31.3. The first-order valence-corrected chi connectivity index (χ1v) is 17.3. The van der Waals surface area contributed by atoms with Gasteiger partial charge in [0.05, 0.1) is 22.9 Å². The molecule has 0 radical (unpaired) electrons. The second-order valence-corrected chi connectivity index (χ2v) is 16.1. The molecule has 3 aromatic heterocycles. The molecule has 0 saturated carbocycles. The molecule has 4 rings (SSSR count). The molecule has 9 nitrogen and oxygen atoms in total. The number of anilines is 1. The third kappa shape index (κ3) is 11.8. The lowest BCUT2D eigenvalue weighted by atomic mass is 9.91. The third-order valence-corrected chi connectivity index (χ3v) is 9.08. The quantitative estimate of drug-likeness (QED) is 0.122. The number of ether oxygens (including phenoxy) is 1. The summed E-state index contributed by atoms with van der Waals surface area (Å²) in [6, 6.07) is 12.4. The SMILES string of the molecule is CC(C)(C)c1ccc(C(=O)NSc2cccc(NC(CCC3CN(C=O)C(C)(C)C3)c3ccc(Br)cn3)n2)c(F)n1.COC(C)(C)C. The average molecular weight is 732 g/mol. The van der Waals surface area contributed by atoms with Crippen LogP contribution in [0.15, 0.2) is 58.2 Å². The predicted octanol–water partition coefficient (Wildman–Crippen LogP) is 8.13. The number of hydrogen-bond donors (Lipinski definition) is 2. The van der Waals surface area contributed by atoms with Crippen LogP contribution in [0.5, 0.6) is 0 Å². The summed E-state index contributed by atoms with van der Waals surface area (Å²) >= 11 is 4.47. The molecule has 0 aliphatic carbocycles. The highest BCUT2D eigenvalue weighted by molar-refractivity contribution is 9.10. The van der Waals surface area contributed by atoms with Crippen molar-refractivity contribution in [3.05, 3.63) is 76.0 Å². The van der Waals surface area contributed by atoms with Crippen LogP contribution < -0.4 is 10.0 Å². The van der Waals surface area contributed by atoms with Crippen molar-refractivity contribution in [3.63, 3.8) is 0 Å². The number of nitrogens with one attached hydrogen (secondary N) is 2. The van der Waals surface area contributed by atoms with E-state index in [1.165, 1.54) is 6.07 Å². The fourth-order valence-electron chi connectivity index (χ4n) is 4.99. The molecule has 4 heterocycles. The van der Waals surface area contributed by atoms with Crippen LogP contribution in [-0.4, -0.2) is 57.0 Å². The van der Waals surface area contributed by atoms with E-state index in [4.69, 9.17) is 4.74 Å². The van der Waals surface area contributed by atoms with E-state index in [1.807, 2.05) is 70.7 Å². The molecule has 256 valence electrons. The van der Waals surface area contributed by atoms with Crippen LogP contribution >= 0.6 is 27.9 Å². The molecule has 0 aromatic carbocycles. The van der Waals surface area contributed by atoms with E-state index >= 15 is 0 Å². The van der Waals surface area contributed by atoms with Gasteiger partial charge in [-0.1, -0.05) is 26.8 Å². The molecule has 3 aromatic rings. The summed E-state index contributed by atoms with van der Waals surface area (Å²) in [5, 5.41) is 4.05. The highest BCUT2D eigenvalue weighted by Crippen LogP contribution is 2.36. The van der Waals surface area contributed by atoms with Crippen molar-refractivity contribution in [2.75, 3.05) is 19.0 Å². The highest BCUT2D eigenvalue weighted by atomic mass is 79.9. The number of pyridine rings is 3. The Hall–Kier alpha value is -3.09. The Morgan fingerprint density at radius 1 is 1.15 bits per heavy atom. The Balaban J connectivity index is 0.000000913. The first-order chi connectivity index (χ1) is 21.9. The van der Waals surface area contributed by atoms with Crippen molar-refractivity contribution >= 4 is 46.0 Å². The third-order valence-electron chi connectivity index (χ3n) is 7.89. The molecule has 0 bridgehead atoms. The molecule has 2 unspecified atom stereocenters. The lowest BCUT2D eigenvalue weighted by molar-refractivity contribution is -0.120. The number of nitrogens with zero attached hydrogens (tertiary/aromatic N) is 4. The number of carbonyl (C=O) groups is 2. The number of halogens is 2. The maximum absolute atomic E-state index is 14.6. The molecule has 1 fully saturated rings. The lowest BCUT2D eigenvalue weighted by Gasteiger charge is -2.27. The van der Waals surface area contributed by atoms with E-state index in [-0.39, 0.29) is 28.2 Å². The van der Waals surface area contributed by atoms with Gasteiger partial charge in [0, 0.05) is 52.9 Å². The molecule has 2 amide bonds. The van der Waals surface area contributed by atoms with Crippen molar-refractivity contribution in [3.8, 4) is 0 Å². The zero-order chi connectivity index (χ0) is 35.0. The summed E-state index contributed by atoms with van der Waals surface area (Å²) in [4.78, 5) is 39.3. The number of amides is 2. The summed E-state index contributed by atoms with van der Waals surface area (Å²) in [5.74, 6) is -0.359. The van der Waals surface area contributed by atoms with E-state index in [0.29, 0.717) is 22.5 Å². The Morgan fingerprint density at radius 2 is 1.85 bits per heavy atom. The van der Waals surface area contributed by atoms with E-state index in [0.717, 1.165) is 54.3 Å². The summed E-state index contributed by atoms with van der Waals surface area (Å²) < 4.78 is 23.1. The van der Waals surface area contributed by atoms with Crippen LogP contribution in [0.3, 0.4) is 0 Å². The van der Waals surface area contributed by atoms with Gasteiger partial charge >= 0.3 is 0 Å². The van der Waals surface area contributed by atoms with E-state index < -0.39 is 11.9 Å². The topological polar surface area (TPSA) is 109 Å². The van der Waals surface area contributed by atoms with Gasteiger partial charge in [0.25, 0.3) is 5.91 Å². The van der Waals surface area contributed by atoms with Gasteiger partial charge in [-0.25, -0.2) is 9.97 Å². The Bertz CT molecular complexity index is 1490. The van der Waals surface area contributed by atoms with E-state index in [2.05, 4.69) is 54.8 Å². The molecular formula is C35H48BrFN6O3S. The molecule has 2 atom stereocenters. The van der Waals surface area contributed by atoms with Gasteiger partial charge in [0.2, 0.25) is 12.4 Å². The molecule has 0 spiro atoms. The maximum atomic E-state index is 14.6. The van der Waals surface area contributed by atoms with E-state index in [9.17, 15) is 14.0 Å². The van der Waals surface area contributed by atoms with Gasteiger partial charge in [-0.3, -0.25) is 19.3 Å². The zero-order valence-electron chi connectivity index (χ0n) is 28.9. The second-order valence-electron chi connectivity index (χ2n) is 14.3. The van der Waals surface area contributed by atoms with E-state index in [1.54, 1.807) is 25.4 Å². The number of methoxy groups -OCH3 is 1. The summed E-state index contributed by atoms with van der Waals surface area (Å²) in [5.41, 5.74) is 0.912. The normalized spacial score (nSPS) is 16.6. The van der Waals surface area contributed by atoms with Crippen molar-refractivity contribution in [2.45, 2.75) is 102 Å². The minimum absolute atomic E-state index is 0.0417. The lowest BCUT2D eigenvalue weighted by Crippen LogP contribution is -2.36. The van der Waals surface area contributed by atoms with Crippen LogP contribution in [0, 0.1) is 11.9 Å². The van der Waals surface area contributed by atoms with Crippen LogP contribution in [-0.2, 0) is 14.9 Å². The Kier molecular flexibility index (Phi) is 13.3. The Labute approximate surface area is 291 Å². The molecule has 1 aliphatic heterocycles. The van der Waals surface area contributed by atoms with Gasteiger partial charge in [0.15, 0.2) is 0 Å². The van der Waals surface area contributed by atoms with Crippen molar-refractivity contribution in [1.82, 2.24) is 24.6 Å². The smallest absolute Gasteiger partial charge is 0.266 e. The molecule has 12 heteroatoms. The number of aromatic nitrogens is 3. The molecular weight excluding hydrogens is 683 g/mol. The van der Waals surface area contributed by atoms with Crippen molar-refractivity contribution < 1.29 is 18.7 Å². The van der Waals surface area contributed by atoms with Gasteiger partial charge in [-0.15, -0.1) is 0 Å². The summed E-state index contributed by atoms with van der Waals surface area (Å²) in [6.45, 7) is 16.8. The Morgan fingerprint density at radius 3 is 2.40 bits per heavy atom. The minimum Gasteiger partial charge on any atom is -0.379 e. The number of likely N-dealkylation sites (tertiary alicyclic amines) is 1.